The van der Waals surface area contributed by atoms with Gasteiger partial charge in [-0.1, -0.05) is 30.3 Å². The fraction of sp³-hybridized carbons (Fsp3) is 0.312. The molecule has 0 unspecified atom stereocenters. The Hall–Kier alpha value is -1.39. The van der Waals surface area contributed by atoms with Gasteiger partial charge in [0.05, 0.1) is 0 Å². The minimum atomic E-state index is 0.930. The molecule has 0 radical (unpaired) electrons. The molecule has 106 valence electrons. The summed E-state index contributed by atoms with van der Waals surface area (Å²) in [6.07, 6.45) is 2.91. The number of pyridine rings is 1. The summed E-state index contributed by atoms with van der Waals surface area (Å²) in [7, 11) is 2.16. The average molecular weight is 334 g/mol. The molecule has 0 aliphatic carbocycles. The van der Waals surface area contributed by atoms with Crippen LogP contribution in [-0.4, -0.2) is 30.0 Å². The van der Waals surface area contributed by atoms with Crippen molar-refractivity contribution >= 4 is 21.7 Å². The molecule has 0 saturated carbocycles. The van der Waals surface area contributed by atoms with Gasteiger partial charge in [-0.15, -0.1) is 0 Å². The fourth-order valence-corrected chi connectivity index (χ4v) is 2.25. The predicted octanol–water partition coefficient (Wildman–Crippen LogP) is 3.78. The Morgan fingerprint density at radius 2 is 1.95 bits per heavy atom. The first-order valence-corrected chi connectivity index (χ1v) is 7.61. The molecule has 1 aromatic carbocycles. The predicted molar refractivity (Wildman–Crippen MR) is 87.8 cm³/mol. The molecule has 0 aliphatic rings. The maximum atomic E-state index is 4.29. The van der Waals surface area contributed by atoms with Crippen LogP contribution >= 0.6 is 15.9 Å². The van der Waals surface area contributed by atoms with Crippen molar-refractivity contribution in [3.63, 3.8) is 0 Å². The molecular weight excluding hydrogens is 314 g/mol. The topological polar surface area (TPSA) is 28.2 Å². The van der Waals surface area contributed by atoms with Gasteiger partial charge in [-0.2, -0.15) is 0 Å². The van der Waals surface area contributed by atoms with E-state index in [1.807, 2.05) is 18.3 Å². The molecule has 0 saturated heterocycles. The van der Waals surface area contributed by atoms with Gasteiger partial charge in [0, 0.05) is 23.8 Å². The van der Waals surface area contributed by atoms with Crippen LogP contribution in [0.3, 0.4) is 0 Å². The third kappa shape index (κ3) is 5.31. The van der Waals surface area contributed by atoms with Gasteiger partial charge in [0.2, 0.25) is 0 Å². The summed E-state index contributed by atoms with van der Waals surface area (Å²) in [6, 6.07) is 14.5. The lowest BCUT2D eigenvalue weighted by Gasteiger charge is -2.16. The molecule has 3 nitrogen and oxygen atoms in total. The maximum absolute atomic E-state index is 4.29. The molecule has 0 fully saturated rings. The Morgan fingerprint density at radius 3 is 2.65 bits per heavy atom. The molecule has 1 aromatic heterocycles. The largest absolute Gasteiger partial charge is 0.370 e. The number of nitrogens with zero attached hydrogens (tertiary/aromatic N) is 2. The van der Waals surface area contributed by atoms with Crippen molar-refractivity contribution in [2.45, 2.75) is 13.0 Å². The van der Waals surface area contributed by atoms with Crippen molar-refractivity contribution in [1.29, 1.82) is 0 Å². The molecule has 0 amide bonds. The highest BCUT2D eigenvalue weighted by Crippen LogP contribution is 2.10. The second kappa shape index (κ2) is 8.02. The SMILES string of the molecule is CN(CCCNc1ccc(Br)cn1)Cc1ccccc1. The number of rotatable bonds is 7. The van der Waals surface area contributed by atoms with Crippen molar-refractivity contribution in [1.82, 2.24) is 9.88 Å². The molecule has 2 aromatic rings. The number of hydrogen-bond donors (Lipinski definition) is 1. The number of benzene rings is 1. The lowest BCUT2D eigenvalue weighted by Crippen LogP contribution is -2.21. The van der Waals surface area contributed by atoms with Gasteiger partial charge in [-0.3, -0.25) is 0 Å². The van der Waals surface area contributed by atoms with Gasteiger partial charge in [0.25, 0.3) is 0 Å². The Kier molecular flexibility index (Phi) is 6.02. The molecule has 20 heavy (non-hydrogen) atoms. The maximum Gasteiger partial charge on any atom is 0.125 e. The molecule has 0 aliphatic heterocycles. The van der Waals surface area contributed by atoms with Crippen LogP contribution in [0.25, 0.3) is 0 Å². The summed E-state index contributed by atoms with van der Waals surface area (Å²) in [5, 5.41) is 3.33. The van der Waals surface area contributed by atoms with Crippen molar-refractivity contribution in [2.75, 3.05) is 25.5 Å². The molecule has 0 bridgehead atoms. The minimum absolute atomic E-state index is 0.930. The standard InChI is InChI=1S/C16H20BrN3/c1-20(13-14-6-3-2-4-7-14)11-5-10-18-16-9-8-15(17)12-19-16/h2-4,6-9,12H,5,10-11,13H2,1H3,(H,18,19). The zero-order chi connectivity index (χ0) is 14.2. The molecule has 1 heterocycles. The van der Waals surface area contributed by atoms with Crippen molar-refractivity contribution in [3.05, 3.63) is 58.7 Å². The first kappa shape index (κ1) is 15.0. The second-order valence-corrected chi connectivity index (χ2v) is 5.78. The third-order valence-electron chi connectivity index (χ3n) is 3.05. The van der Waals surface area contributed by atoms with Crippen LogP contribution in [0.5, 0.6) is 0 Å². The lowest BCUT2D eigenvalue weighted by atomic mass is 10.2. The molecule has 4 heteroatoms. The summed E-state index contributed by atoms with van der Waals surface area (Å²) in [6.45, 7) is 3.00. The van der Waals surface area contributed by atoms with E-state index in [0.29, 0.717) is 0 Å². The van der Waals surface area contributed by atoms with E-state index in [0.717, 1.165) is 36.3 Å². The summed E-state index contributed by atoms with van der Waals surface area (Å²) < 4.78 is 1.01. The van der Waals surface area contributed by atoms with Crippen LogP contribution in [0.1, 0.15) is 12.0 Å². The van der Waals surface area contributed by atoms with E-state index in [2.05, 4.69) is 68.5 Å². The highest BCUT2D eigenvalue weighted by atomic mass is 79.9. The summed E-state index contributed by atoms with van der Waals surface area (Å²) in [5.74, 6) is 0.930. The van der Waals surface area contributed by atoms with Crippen LogP contribution in [0, 0.1) is 0 Å². The van der Waals surface area contributed by atoms with Gasteiger partial charge in [-0.25, -0.2) is 4.98 Å². The van der Waals surface area contributed by atoms with E-state index in [9.17, 15) is 0 Å². The van der Waals surface area contributed by atoms with E-state index in [1.54, 1.807) is 0 Å². The second-order valence-electron chi connectivity index (χ2n) is 4.87. The molecule has 2 rings (SSSR count). The first-order chi connectivity index (χ1) is 9.74. The van der Waals surface area contributed by atoms with E-state index in [-0.39, 0.29) is 0 Å². The van der Waals surface area contributed by atoms with E-state index in [1.165, 1.54) is 5.56 Å². The van der Waals surface area contributed by atoms with Crippen LogP contribution in [-0.2, 0) is 6.54 Å². The van der Waals surface area contributed by atoms with Crippen LogP contribution in [0.4, 0.5) is 5.82 Å². The van der Waals surface area contributed by atoms with Crippen LogP contribution in [0.15, 0.2) is 53.1 Å². The number of anilines is 1. The van der Waals surface area contributed by atoms with Crippen LogP contribution in [0.2, 0.25) is 0 Å². The quantitative estimate of drug-likeness (QED) is 0.781. The number of nitrogens with one attached hydrogen (secondary N) is 1. The summed E-state index contributed by atoms with van der Waals surface area (Å²) in [5.41, 5.74) is 1.36. The molecule has 0 spiro atoms. The molecule has 0 atom stereocenters. The monoisotopic (exact) mass is 333 g/mol. The van der Waals surface area contributed by atoms with E-state index >= 15 is 0 Å². The Labute approximate surface area is 129 Å². The van der Waals surface area contributed by atoms with Crippen LogP contribution < -0.4 is 5.32 Å². The van der Waals surface area contributed by atoms with E-state index in [4.69, 9.17) is 0 Å². The van der Waals surface area contributed by atoms with Gasteiger partial charge >= 0.3 is 0 Å². The summed E-state index contributed by atoms with van der Waals surface area (Å²) in [4.78, 5) is 6.63. The minimum Gasteiger partial charge on any atom is -0.370 e. The molecule has 1 N–H and O–H groups in total. The zero-order valence-corrected chi connectivity index (χ0v) is 13.3. The number of aromatic nitrogens is 1. The number of hydrogen-bond acceptors (Lipinski definition) is 3. The zero-order valence-electron chi connectivity index (χ0n) is 11.7. The van der Waals surface area contributed by atoms with Crippen molar-refractivity contribution in [2.24, 2.45) is 0 Å². The highest BCUT2D eigenvalue weighted by Gasteiger charge is 2.00. The highest BCUT2D eigenvalue weighted by molar-refractivity contribution is 9.10. The molecular formula is C16H20BrN3. The van der Waals surface area contributed by atoms with Crippen molar-refractivity contribution in [3.8, 4) is 0 Å². The number of halogens is 1. The van der Waals surface area contributed by atoms with E-state index < -0.39 is 0 Å². The third-order valence-corrected chi connectivity index (χ3v) is 3.51. The van der Waals surface area contributed by atoms with Gasteiger partial charge in [-0.05, 0) is 53.6 Å². The van der Waals surface area contributed by atoms with Crippen molar-refractivity contribution < 1.29 is 0 Å². The first-order valence-electron chi connectivity index (χ1n) is 6.82. The Bertz CT molecular complexity index is 499. The van der Waals surface area contributed by atoms with Gasteiger partial charge in [0.1, 0.15) is 5.82 Å². The van der Waals surface area contributed by atoms with Gasteiger partial charge < -0.3 is 10.2 Å². The van der Waals surface area contributed by atoms with Gasteiger partial charge in [0.15, 0.2) is 0 Å². The fourth-order valence-electron chi connectivity index (χ4n) is 2.02. The average Bonchev–Trinajstić information content (AvgIpc) is 2.46. The Morgan fingerprint density at radius 1 is 1.15 bits per heavy atom. The Balaban J connectivity index is 1.64. The summed E-state index contributed by atoms with van der Waals surface area (Å²) >= 11 is 3.38. The normalized spacial score (nSPS) is 10.8. The smallest absolute Gasteiger partial charge is 0.125 e. The lowest BCUT2D eigenvalue weighted by molar-refractivity contribution is 0.325.